The van der Waals surface area contributed by atoms with Crippen LogP contribution >= 0.6 is 15.9 Å². The quantitative estimate of drug-likeness (QED) is 0.689. The molecule has 2 heteroatoms. The van der Waals surface area contributed by atoms with Gasteiger partial charge >= 0.3 is 0 Å². The molecule has 0 amide bonds. The molecule has 0 aliphatic rings. The van der Waals surface area contributed by atoms with Gasteiger partial charge < -0.3 is 4.98 Å². The number of hydrogen-bond acceptors (Lipinski definition) is 0. The molecule has 0 radical (unpaired) electrons. The molecule has 0 saturated carbocycles. The van der Waals surface area contributed by atoms with Crippen LogP contribution < -0.4 is 0 Å². The first-order chi connectivity index (χ1) is 9.31. The van der Waals surface area contributed by atoms with E-state index in [1.165, 1.54) is 28.6 Å². The zero-order valence-electron chi connectivity index (χ0n) is 10.7. The van der Waals surface area contributed by atoms with Crippen molar-refractivity contribution in [2.24, 2.45) is 0 Å². The molecular formula is C17H16BrN. The smallest absolute Gasteiger partial charge is 0.0456 e. The lowest BCUT2D eigenvalue weighted by Gasteiger charge is -1.99. The molecule has 0 aliphatic heterocycles. The van der Waals surface area contributed by atoms with Crippen LogP contribution in [0.2, 0.25) is 0 Å². The molecule has 2 aromatic carbocycles. The molecule has 1 heterocycles. The van der Waals surface area contributed by atoms with Gasteiger partial charge in [-0.2, -0.15) is 0 Å². The fourth-order valence-corrected chi connectivity index (χ4v) is 2.80. The minimum atomic E-state index is 1.10. The Kier molecular flexibility index (Phi) is 3.69. The van der Waals surface area contributed by atoms with Crippen LogP contribution in [0.3, 0.4) is 0 Å². The second-order valence-electron chi connectivity index (χ2n) is 4.87. The Labute approximate surface area is 121 Å². The number of fused-ring (bicyclic) bond motifs is 1. The van der Waals surface area contributed by atoms with E-state index in [4.69, 9.17) is 0 Å². The molecule has 0 saturated heterocycles. The predicted octanol–water partition coefficient (Wildman–Crippen LogP) is 5.11. The van der Waals surface area contributed by atoms with Crippen LogP contribution in [0, 0.1) is 0 Å². The average molecular weight is 314 g/mol. The van der Waals surface area contributed by atoms with Gasteiger partial charge in [0.2, 0.25) is 0 Å². The van der Waals surface area contributed by atoms with Crippen molar-refractivity contribution >= 4 is 26.8 Å². The average Bonchev–Trinajstić information content (AvgIpc) is 2.82. The largest absolute Gasteiger partial charge is 0.358 e. The number of hydrogen-bond donors (Lipinski definition) is 1. The molecule has 1 nitrogen and oxygen atoms in total. The van der Waals surface area contributed by atoms with Crippen molar-refractivity contribution in [3.8, 4) is 0 Å². The minimum Gasteiger partial charge on any atom is -0.358 e. The lowest BCUT2D eigenvalue weighted by atomic mass is 10.1. The number of H-pyrrole nitrogens is 1. The molecule has 19 heavy (non-hydrogen) atoms. The van der Waals surface area contributed by atoms with Gasteiger partial charge in [0.1, 0.15) is 0 Å². The van der Waals surface area contributed by atoms with Crippen LogP contribution in [0.5, 0.6) is 0 Å². The highest BCUT2D eigenvalue weighted by atomic mass is 79.9. The van der Waals surface area contributed by atoms with Crippen molar-refractivity contribution in [2.45, 2.75) is 19.3 Å². The van der Waals surface area contributed by atoms with Crippen molar-refractivity contribution in [1.82, 2.24) is 4.98 Å². The molecule has 96 valence electrons. The summed E-state index contributed by atoms with van der Waals surface area (Å²) in [5.74, 6) is 0. The zero-order chi connectivity index (χ0) is 13.1. The van der Waals surface area contributed by atoms with E-state index in [-0.39, 0.29) is 0 Å². The first-order valence-corrected chi connectivity index (χ1v) is 7.42. The first-order valence-electron chi connectivity index (χ1n) is 6.62. The van der Waals surface area contributed by atoms with E-state index in [1.54, 1.807) is 0 Å². The second-order valence-corrected chi connectivity index (χ2v) is 5.78. The van der Waals surface area contributed by atoms with Crippen molar-refractivity contribution in [1.29, 1.82) is 0 Å². The molecule has 3 rings (SSSR count). The van der Waals surface area contributed by atoms with E-state index < -0.39 is 0 Å². The summed E-state index contributed by atoms with van der Waals surface area (Å²) in [7, 11) is 0. The normalized spacial score (nSPS) is 11.0. The third-order valence-electron chi connectivity index (χ3n) is 3.39. The van der Waals surface area contributed by atoms with Gasteiger partial charge in [-0.25, -0.2) is 0 Å². The third kappa shape index (κ3) is 3.07. The number of aromatic amines is 1. The van der Waals surface area contributed by atoms with Crippen molar-refractivity contribution in [3.63, 3.8) is 0 Å². The Morgan fingerprint density at radius 1 is 0.895 bits per heavy atom. The molecule has 1 aromatic heterocycles. The molecule has 0 bridgehead atoms. The number of halogens is 1. The number of aromatic nitrogens is 1. The topological polar surface area (TPSA) is 15.8 Å². The molecule has 0 unspecified atom stereocenters. The lowest BCUT2D eigenvalue weighted by molar-refractivity contribution is 0.806. The number of nitrogens with one attached hydrogen (secondary N) is 1. The second kappa shape index (κ2) is 5.62. The Hall–Kier alpha value is -1.54. The summed E-state index contributed by atoms with van der Waals surface area (Å²) in [5, 5.41) is 1.28. The molecule has 3 aromatic rings. The fraction of sp³-hybridized carbons (Fsp3) is 0.176. The highest BCUT2D eigenvalue weighted by Gasteiger charge is 2.01. The summed E-state index contributed by atoms with van der Waals surface area (Å²) in [6.45, 7) is 0. The van der Waals surface area contributed by atoms with E-state index in [1.807, 2.05) is 0 Å². The van der Waals surface area contributed by atoms with E-state index in [9.17, 15) is 0 Å². The predicted molar refractivity (Wildman–Crippen MR) is 84.5 cm³/mol. The van der Waals surface area contributed by atoms with Crippen LogP contribution in [0.25, 0.3) is 10.9 Å². The Balaban J connectivity index is 1.65. The third-order valence-corrected chi connectivity index (χ3v) is 3.89. The van der Waals surface area contributed by atoms with Gasteiger partial charge in [0.15, 0.2) is 0 Å². The van der Waals surface area contributed by atoms with Crippen molar-refractivity contribution in [2.75, 3.05) is 0 Å². The van der Waals surface area contributed by atoms with Gasteiger partial charge in [0.05, 0.1) is 0 Å². The van der Waals surface area contributed by atoms with Crippen LogP contribution in [-0.4, -0.2) is 4.98 Å². The van der Waals surface area contributed by atoms with Gasteiger partial charge in [-0.3, -0.25) is 0 Å². The van der Waals surface area contributed by atoms with Crippen LogP contribution in [0.1, 0.15) is 17.7 Å². The zero-order valence-corrected chi connectivity index (χ0v) is 12.3. The Morgan fingerprint density at radius 2 is 1.74 bits per heavy atom. The number of aryl methyl sites for hydroxylation is 2. The molecular weight excluding hydrogens is 298 g/mol. The monoisotopic (exact) mass is 313 g/mol. The standard InChI is InChI=1S/C17H16BrN/c18-15-9-10-17-14(11-15)12-16(19-17)8-4-7-13-5-2-1-3-6-13/h1-3,5-6,9-12,19H,4,7-8H2. The lowest BCUT2D eigenvalue weighted by Crippen LogP contribution is -1.89. The van der Waals surface area contributed by atoms with E-state index in [0.717, 1.165) is 17.3 Å². The van der Waals surface area contributed by atoms with Crippen LogP contribution in [-0.2, 0) is 12.8 Å². The maximum atomic E-state index is 3.51. The minimum absolute atomic E-state index is 1.10. The summed E-state index contributed by atoms with van der Waals surface area (Å²) in [6.07, 6.45) is 3.42. The molecule has 0 atom stereocenters. The Morgan fingerprint density at radius 3 is 2.58 bits per heavy atom. The summed E-state index contributed by atoms with van der Waals surface area (Å²) < 4.78 is 1.13. The maximum absolute atomic E-state index is 3.51. The molecule has 0 fully saturated rings. The van der Waals surface area contributed by atoms with Gasteiger partial charge in [-0.05, 0) is 49.1 Å². The van der Waals surface area contributed by atoms with Gasteiger partial charge in [-0.15, -0.1) is 0 Å². The SMILES string of the molecule is Brc1ccc2[nH]c(CCCc3ccccc3)cc2c1. The van der Waals surface area contributed by atoms with E-state index in [2.05, 4.69) is 75.5 Å². The van der Waals surface area contributed by atoms with E-state index in [0.29, 0.717) is 0 Å². The molecule has 1 N–H and O–H groups in total. The summed E-state index contributed by atoms with van der Waals surface area (Å²) in [6, 6.07) is 19.3. The van der Waals surface area contributed by atoms with Crippen molar-refractivity contribution < 1.29 is 0 Å². The maximum Gasteiger partial charge on any atom is 0.0456 e. The van der Waals surface area contributed by atoms with Gasteiger partial charge in [-0.1, -0.05) is 46.3 Å². The highest BCUT2D eigenvalue weighted by Crippen LogP contribution is 2.21. The molecule has 0 aliphatic carbocycles. The van der Waals surface area contributed by atoms with Gasteiger partial charge in [0.25, 0.3) is 0 Å². The van der Waals surface area contributed by atoms with Crippen LogP contribution in [0.15, 0.2) is 59.1 Å². The fourth-order valence-electron chi connectivity index (χ4n) is 2.43. The van der Waals surface area contributed by atoms with E-state index >= 15 is 0 Å². The van der Waals surface area contributed by atoms with Crippen LogP contribution in [0.4, 0.5) is 0 Å². The highest BCUT2D eigenvalue weighted by molar-refractivity contribution is 9.10. The van der Waals surface area contributed by atoms with Crippen molar-refractivity contribution in [3.05, 3.63) is 70.3 Å². The number of benzene rings is 2. The number of rotatable bonds is 4. The summed E-state index contributed by atoms with van der Waals surface area (Å²) >= 11 is 3.51. The summed E-state index contributed by atoms with van der Waals surface area (Å²) in [4.78, 5) is 3.49. The molecule has 0 spiro atoms. The summed E-state index contributed by atoms with van der Waals surface area (Å²) in [5.41, 5.74) is 3.96. The van der Waals surface area contributed by atoms with Gasteiger partial charge in [0, 0.05) is 21.1 Å². The first kappa shape index (κ1) is 12.5. The Bertz CT molecular complexity index is 670.